The van der Waals surface area contributed by atoms with E-state index < -0.39 is 66.1 Å². The van der Waals surface area contributed by atoms with Crippen molar-refractivity contribution >= 4 is 21.1 Å². The normalized spacial score (nSPS) is 13.6. The third kappa shape index (κ3) is 18.2. The van der Waals surface area contributed by atoms with Crippen molar-refractivity contribution in [3.8, 4) is 0 Å². The van der Waals surface area contributed by atoms with Crippen LogP contribution in [0, 0.1) is 0 Å². The van der Waals surface area contributed by atoms with Gasteiger partial charge in [0.2, 0.25) is 0 Å². The Morgan fingerprint density at radius 2 is 0.636 bits per heavy atom. The molecule has 0 aliphatic heterocycles. The molecular formula is C28H46F14OSn. The molecule has 0 saturated heterocycles. The van der Waals surface area contributed by atoms with Crippen LogP contribution in [0.4, 0.5) is 61.5 Å². The molecule has 0 heterocycles. The summed E-state index contributed by atoms with van der Waals surface area (Å²) in [6, 6.07) is 0. The molecule has 0 aliphatic carbocycles. The van der Waals surface area contributed by atoms with Crippen molar-refractivity contribution < 1.29 is 66.2 Å². The van der Waals surface area contributed by atoms with E-state index in [2.05, 4.69) is 13.8 Å². The number of hydrogen-bond acceptors (Lipinski definition) is 1. The Morgan fingerprint density at radius 1 is 0.386 bits per heavy atom. The van der Waals surface area contributed by atoms with Crippen LogP contribution in [0.3, 0.4) is 0 Å². The van der Waals surface area contributed by atoms with Gasteiger partial charge >= 0.3 is 128 Å². The first-order chi connectivity index (χ1) is 20.1. The molecule has 266 valence electrons. The minimum absolute atomic E-state index is 0.992. The summed E-state index contributed by atoms with van der Waals surface area (Å²) in [5.74, 6) is -25.0. The Morgan fingerprint density at radius 3 is 0.886 bits per heavy atom. The molecular weight excluding hydrogens is 737 g/mol. The summed E-state index contributed by atoms with van der Waals surface area (Å²) < 4.78 is 171. The Hall–Kier alpha value is -0.221. The maximum absolute atomic E-state index is 12.7. The molecule has 0 rings (SSSR count). The summed E-state index contributed by atoms with van der Waals surface area (Å²) in [4.78, 5) is 0. The molecule has 0 amide bonds. The summed E-state index contributed by atoms with van der Waals surface area (Å²) in [7, 11) is 0. The van der Waals surface area contributed by atoms with Gasteiger partial charge in [-0.2, -0.15) is 0 Å². The number of alkyl halides is 14. The Balaban J connectivity index is 0. The van der Waals surface area contributed by atoms with Gasteiger partial charge in [0.15, 0.2) is 0 Å². The van der Waals surface area contributed by atoms with E-state index >= 15 is 0 Å². The zero-order valence-electron chi connectivity index (χ0n) is 25.3. The van der Waals surface area contributed by atoms with Gasteiger partial charge in [0, 0.05) is 13.2 Å². The van der Waals surface area contributed by atoms with Crippen molar-refractivity contribution in [2.45, 2.75) is 161 Å². The molecule has 0 aromatic carbocycles. The molecule has 0 atom stereocenters. The third-order valence-corrected chi connectivity index (χ3v) is 10.6. The van der Waals surface area contributed by atoms with Crippen molar-refractivity contribution in [2.24, 2.45) is 0 Å². The molecule has 0 bridgehead atoms. The molecule has 16 heteroatoms. The average Bonchev–Trinajstić information content (AvgIpc) is 2.89. The van der Waals surface area contributed by atoms with Gasteiger partial charge in [-0.15, -0.1) is 0 Å². The van der Waals surface area contributed by atoms with Crippen LogP contribution in [0.15, 0.2) is 0 Å². The fourth-order valence-corrected chi connectivity index (χ4v) is 7.21. The molecule has 0 fully saturated rings. The Labute approximate surface area is 261 Å². The number of rotatable bonds is 24. The van der Waals surface area contributed by atoms with Crippen LogP contribution in [-0.2, 0) is 4.74 Å². The van der Waals surface area contributed by atoms with Gasteiger partial charge in [0.1, 0.15) is 0 Å². The van der Waals surface area contributed by atoms with Gasteiger partial charge in [-0.05, 0) is 12.8 Å². The van der Waals surface area contributed by atoms with E-state index in [1.165, 1.54) is 103 Å². The van der Waals surface area contributed by atoms with Crippen LogP contribution >= 0.6 is 0 Å². The van der Waals surface area contributed by atoms with E-state index in [-0.39, 0.29) is 0 Å². The summed E-state index contributed by atoms with van der Waals surface area (Å²) in [6.45, 7) is 6.55. The molecule has 1 nitrogen and oxygen atoms in total. The van der Waals surface area contributed by atoms with Gasteiger partial charge in [-0.1, -0.05) is 104 Å². The van der Waals surface area contributed by atoms with Gasteiger partial charge in [0.25, 0.3) is 0 Å². The molecule has 0 aliphatic rings. The van der Waals surface area contributed by atoms with E-state index in [0.717, 1.165) is 13.2 Å². The fraction of sp³-hybridized carbons (Fsp3) is 1.00. The maximum atomic E-state index is 12.7. The number of ether oxygens (including phenoxy) is 1. The van der Waals surface area contributed by atoms with Crippen molar-refractivity contribution in [3.05, 3.63) is 0 Å². The zero-order valence-corrected chi connectivity index (χ0v) is 28.2. The van der Waals surface area contributed by atoms with E-state index in [4.69, 9.17) is 4.74 Å². The van der Waals surface area contributed by atoms with Gasteiger partial charge in [-0.25, -0.2) is 0 Å². The van der Waals surface area contributed by atoms with E-state index in [1.54, 1.807) is 0 Å². The SMILES string of the molecule is CCCCCCCCCCOCCCCCCCCCC.FC(F)(F)C(F)(F)C(F)(F)[CH2][Sn][CH2]C(F)(F)C(F)(F)C(F)(F)F. The van der Waals surface area contributed by atoms with E-state index in [9.17, 15) is 61.5 Å². The van der Waals surface area contributed by atoms with E-state index in [1.807, 2.05) is 0 Å². The zero-order chi connectivity index (χ0) is 34.6. The van der Waals surface area contributed by atoms with Gasteiger partial charge < -0.3 is 4.74 Å². The van der Waals surface area contributed by atoms with Crippen LogP contribution < -0.4 is 0 Å². The topological polar surface area (TPSA) is 9.23 Å². The summed E-state index contributed by atoms with van der Waals surface area (Å²) >= 11 is -3.84. The van der Waals surface area contributed by atoms with Crippen molar-refractivity contribution in [1.82, 2.24) is 0 Å². The predicted octanol–water partition coefficient (Wildman–Crippen LogP) is 12.5. The van der Waals surface area contributed by atoms with Crippen molar-refractivity contribution in [3.63, 3.8) is 0 Å². The second-order valence-corrected chi connectivity index (χ2v) is 14.2. The number of unbranched alkanes of at least 4 members (excludes halogenated alkanes) is 14. The Bertz CT molecular complexity index is 641. The third-order valence-electron chi connectivity index (χ3n) is 6.61. The summed E-state index contributed by atoms with van der Waals surface area (Å²) in [6.07, 6.45) is 8.75. The molecule has 0 saturated carbocycles. The van der Waals surface area contributed by atoms with Crippen LogP contribution in [0.1, 0.15) is 117 Å². The molecule has 0 aromatic rings. The van der Waals surface area contributed by atoms with Gasteiger partial charge in [0.05, 0.1) is 0 Å². The van der Waals surface area contributed by atoms with Gasteiger partial charge in [-0.3, -0.25) is 0 Å². The molecule has 0 N–H and O–H groups in total. The quantitative estimate of drug-likeness (QED) is 0.0538. The predicted molar refractivity (Wildman–Crippen MR) is 143 cm³/mol. The van der Waals surface area contributed by atoms with E-state index in [0.29, 0.717) is 0 Å². The van der Waals surface area contributed by atoms with Crippen LogP contribution in [0.2, 0.25) is 8.87 Å². The summed E-state index contributed by atoms with van der Waals surface area (Å²) in [5, 5.41) is 0. The van der Waals surface area contributed by atoms with Crippen LogP contribution in [-0.4, -0.2) is 70.4 Å². The molecule has 2 radical (unpaired) electrons. The molecule has 0 unspecified atom stereocenters. The standard InChI is InChI=1S/C20H42O.2C4H2F7.Sn/c1-3-5-7-9-11-13-15-17-19-21-20-18-16-14-12-10-8-6-4-2;2*1-2(5,6)3(7,8)4(9,10)11;/h3-20H2,1-2H3;2*1H2;. The van der Waals surface area contributed by atoms with Crippen LogP contribution in [0.5, 0.6) is 0 Å². The number of halogens is 14. The molecule has 44 heavy (non-hydrogen) atoms. The molecule has 0 aromatic heterocycles. The number of hydrogen-bond donors (Lipinski definition) is 0. The average molecular weight is 783 g/mol. The minimum atomic E-state index is -6.74. The summed E-state index contributed by atoms with van der Waals surface area (Å²) in [5.41, 5.74) is 0. The van der Waals surface area contributed by atoms with Crippen LogP contribution in [0.25, 0.3) is 0 Å². The second kappa shape index (κ2) is 22.4. The van der Waals surface area contributed by atoms with Crippen molar-refractivity contribution in [1.29, 1.82) is 0 Å². The fourth-order valence-electron chi connectivity index (χ4n) is 3.79. The first kappa shape index (κ1) is 45.9. The first-order valence-electron chi connectivity index (χ1n) is 15.1. The first-order valence-corrected chi connectivity index (χ1v) is 19.1. The van der Waals surface area contributed by atoms with Crippen molar-refractivity contribution in [2.75, 3.05) is 13.2 Å². The second-order valence-electron chi connectivity index (χ2n) is 10.7. The Kier molecular flexibility index (Phi) is 23.3. The molecule has 0 spiro atoms. The monoisotopic (exact) mass is 784 g/mol.